The molecule has 3 heterocycles. The molecule has 140 valence electrons. The highest BCUT2D eigenvalue weighted by Gasteiger charge is 2.47. The molecular weight excluding hydrogens is 338 g/mol. The van der Waals surface area contributed by atoms with Gasteiger partial charge >= 0.3 is 6.03 Å². The number of hydrazine groups is 1. The molecule has 3 rings (SSSR count). The van der Waals surface area contributed by atoms with Crippen LogP contribution in [0.2, 0.25) is 0 Å². The first-order chi connectivity index (χ1) is 12.4. The summed E-state index contributed by atoms with van der Waals surface area (Å²) in [6.45, 7) is 6.37. The Morgan fingerprint density at radius 2 is 2.00 bits per heavy atom. The molecule has 1 atom stereocenters. The second kappa shape index (κ2) is 7.24. The van der Waals surface area contributed by atoms with Crippen LogP contribution >= 0.6 is 0 Å². The van der Waals surface area contributed by atoms with Gasteiger partial charge in [0, 0.05) is 38.6 Å². The van der Waals surface area contributed by atoms with Crippen molar-refractivity contribution < 1.29 is 14.4 Å². The molecule has 1 unspecified atom stereocenters. The van der Waals surface area contributed by atoms with E-state index < -0.39 is 17.5 Å². The minimum absolute atomic E-state index is 0.119. The van der Waals surface area contributed by atoms with Crippen LogP contribution in [-0.4, -0.2) is 76.0 Å². The highest BCUT2D eigenvalue weighted by Crippen LogP contribution is 2.19. The number of imide groups is 1. The minimum Gasteiger partial charge on any atom is -0.353 e. The van der Waals surface area contributed by atoms with Crippen molar-refractivity contribution in [1.29, 1.82) is 0 Å². The summed E-state index contributed by atoms with van der Waals surface area (Å²) in [6, 6.07) is -0.597. The molecule has 0 aromatic carbocycles. The van der Waals surface area contributed by atoms with Gasteiger partial charge in [-0.25, -0.2) is 9.78 Å². The van der Waals surface area contributed by atoms with Crippen LogP contribution in [0.5, 0.6) is 0 Å². The summed E-state index contributed by atoms with van der Waals surface area (Å²) in [4.78, 5) is 48.9. The number of nitrogens with zero attached hydrogens (tertiary/aromatic N) is 5. The zero-order chi connectivity index (χ0) is 18.7. The van der Waals surface area contributed by atoms with E-state index in [1.54, 1.807) is 32.4 Å². The molecule has 26 heavy (non-hydrogen) atoms. The van der Waals surface area contributed by atoms with Crippen molar-refractivity contribution in [2.75, 3.05) is 37.6 Å². The summed E-state index contributed by atoms with van der Waals surface area (Å²) >= 11 is 0. The maximum atomic E-state index is 12.3. The average molecular weight is 361 g/mol. The number of hydrogen-bond donors (Lipinski definition) is 2. The van der Waals surface area contributed by atoms with Gasteiger partial charge in [-0.1, -0.05) is 6.92 Å². The van der Waals surface area contributed by atoms with Gasteiger partial charge in [0.25, 0.3) is 11.8 Å². The van der Waals surface area contributed by atoms with Crippen molar-refractivity contribution >= 4 is 23.7 Å². The fourth-order valence-electron chi connectivity index (χ4n) is 2.98. The Bertz CT molecular complexity index is 690. The van der Waals surface area contributed by atoms with E-state index in [0.29, 0.717) is 19.5 Å². The summed E-state index contributed by atoms with van der Waals surface area (Å²) in [5, 5.41) is 3.38. The topological polar surface area (TPSA) is 111 Å². The molecular formula is C16H23N7O3. The molecule has 0 aliphatic carbocycles. The van der Waals surface area contributed by atoms with Gasteiger partial charge in [-0.15, -0.1) is 0 Å². The van der Waals surface area contributed by atoms with Gasteiger partial charge in [-0.05, 0) is 13.3 Å². The van der Waals surface area contributed by atoms with E-state index in [-0.39, 0.29) is 12.5 Å². The normalized spacial score (nSPS) is 23.9. The molecule has 2 N–H and O–H groups in total. The minimum atomic E-state index is -0.966. The molecule has 10 nitrogen and oxygen atoms in total. The highest BCUT2D eigenvalue weighted by molar-refractivity contribution is 6.07. The van der Waals surface area contributed by atoms with Crippen LogP contribution < -0.4 is 15.6 Å². The molecule has 0 radical (unpaired) electrons. The molecule has 4 amide bonds. The molecule has 0 bridgehead atoms. The lowest BCUT2D eigenvalue weighted by Gasteiger charge is -2.34. The third-order valence-electron chi connectivity index (χ3n) is 4.82. The predicted octanol–water partition coefficient (Wildman–Crippen LogP) is -0.650. The van der Waals surface area contributed by atoms with E-state index in [1.807, 2.05) is 4.90 Å². The van der Waals surface area contributed by atoms with Crippen LogP contribution in [0.4, 0.5) is 10.6 Å². The first-order valence-corrected chi connectivity index (χ1v) is 8.62. The zero-order valence-corrected chi connectivity index (χ0v) is 14.9. The summed E-state index contributed by atoms with van der Waals surface area (Å²) in [5.41, 5.74) is 1.45. The molecule has 0 spiro atoms. The highest BCUT2D eigenvalue weighted by atomic mass is 16.2. The number of rotatable bonds is 5. The Labute approximate surface area is 151 Å². The van der Waals surface area contributed by atoms with Gasteiger partial charge in [0.2, 0.25) is 0 Å². The molecule has 2 aliphatic rings. The number of hydrogen-bond acceptors (Lipinski definition) is 7. The molecule has 2 aliphatic heterocycles. The Morgan fingerprint density at radius 1 is 1.27 bits per heavy atom. The second-order valence-electron chi connectivity index (χ2n) is 6.62. The van der Waals surface area contributed by atoms with Crippen molar-refractivity contribution in [3.05, 3.63) is 18.6 Å². The Kier molecular flexibility index (Phi) is 5.03. The standard InChI is InChI=1S/C16H23N7O3/c1-3-16(2)14(25)23(15(26)19-16)20-13(24)11-21-6-8-22(9-7-21)12-10-17-4-5-18-12/h4-5,10H,3,6-9,11H2,1-2H3,(H,19,26)(H,20,24). The molecule has 2 saturated heterocycles. The van der Waals surface area contributed by atoms with E-state index in [2.05, 4.69) is 25.6 Å². The van der Waals surface area contributed by atoms with E-state index in [1.165, 1.54) is 0 Å². The van der Waals surface area contributed by atoms with Crippen LogP contribution in [0.15, 0.2) is 18.6 Å². The first kappa shape index (κ1) is 18.1. The van der Waals surface area contributed by atoms with Crippen LogP contribution in [0.1, 0.15) is 20.3 Å². The zero-order valence-electron chi connectivity index (χ0n) is 14.9. The third kappa shape index (κ3) is 3.59. The lowest BCUT2D eigenvalue weighted by molar-refractivity contribution is -0.139. The number of nitrogens with one attached hydrogen (secondary N) is 2. The maximum Gasteiger partial charge on any atom is 0.344 e. The van der Waals surface area contributed by atoms with E-state index >= 15 is 0 Å². The first-order valence-electron chi connectivity index (χ1n) is 8.62. The quantitative estimate of drug-likeness (QED) is 0.671. The summed E-state index contributed by atoms with van der Waals surface area (Å²) in [6.07, 6.45) is 5.44. The van der Waals surface area contributed by atoms with Gasteiger partial charge in [-0.2, -0.15) is 5.01 Å². The smallest absolute Gasteiger partial charge is 0.344 e. The third-order valence-corrected chi connectivity index (χ3v) is 4.82. The van der Waals surface area contributed by atoms with Gasteiger partial charge in [0.05, 0.1) is 12.7 Å². The van der Waals surface area contributed by atoms with Crippen LogP contribution in [0.3, 0.4) is 0 Å². The largest absolute Gasteiger partial charge is 0.353 e. The monoisotopic (exact) mass is 361 g/mol. The summed E-state index contributed by atoms with van der Waals surface area (Å²) in [5.74, 6) is -0.0117. The number of anilines is 1. The molecule has 1 aromatic rings. The molecule has 10 heteroatoms. The summed E-state index contributed by atoms with van der Waals surface area (Å²) < 4.78 is 0. The number of amides is 4. The van der Waals surface area contributed by atoms with Gasteiger partial charge in [0.15, 0.2) is 0 Å². The van der Waals surface area contributed by atoms with E-state index in [9.17, 15) is 14.4 Å². The van der Waals surface area contributed by atoms with E-state index in [4.69, 9.17) is 0 Å². The lowest BCUT2D eigenvalue weighted by atomic mass is 10.00. The fourth-order valence-corrected chi connectivity index (χ4v) is 2.98. The number of carbonyl (C=O) groups excluding carboxylic acids is 3. The Balaban J connectivity index is 1.49. The van der Waals surface area contributed by atoms with Crippen LogP contribution in [-0.2, 0) is 9.59 Å². The lowest BCUT2D eigenvalue weighted by Crippen LogP contribution is -2.54. The fraction of sp³-hybridized carbons (Fsp3) is 0.562. The number of piperazine rings is 1. The van der Waals surface area contributed by atoms with Crippen molar-refractivity contribution in [2.24, 2.45) is 0 Å². The molecule has 0 saturated carbocycles. The van der Waals surface area contributed by atoms with Gasteiger partial charge in [-0.3, -0.25) is 24.9 Å². The number of aromatic nitrogens is 2. The summed E-state index contributed by atoms with van der Waals surface area (Å²) in [7, 11) is 0. The van der Waals surface area contributed by atoms with Crippen LogP contribution in [0, 0.1) is 0 Å². The average Bonchev–Trinajstić information content (AvgIpc) is 2.87. The Hall–Kier alpha value is -2.75. The number of carbonyl (C=O) groups is 3. The SMILES string of the molecule is CCC1(C)NC(=O)N(NC(=O)CN2CCN(c3cnccn3)CC2)C1=O. The van der Waals surface area contributed by atoms with Crippen LogP contribution in [0.25, 0.3) is 0 Å². The van der Waals surface area contributed by atoms with Crippen molar-refractivity contribution in [1.82, 2.24) is 30.6 Å². The van der Waals surface area contributed by atoms with Gasteiger partial charge in [0.1, 0.15) is 11.4 Å². The van der Waals surface area contributed by atoms with Gasteiger partial charge < -0.3 is 10.2 Å². The maximum absolute atomic E-state index is 12.3. The number of urea groups is 1. The molecule has 2 fully saturated rings. The second-order valence-corrected chi connectivity index (χ2v) is 6.62. The predicted molar refractivity (Wildman–Crippen MR) is 92.9 cm³/mol. The Morgan fingerprint density at radius 3 is 2.58 bits per heavy atom. The van der Waals surface area contributed by atoms with Crippen molar-refractivity contribution in [2.45, 2.75) is 25.8 Å². The molecule has 1 aromatic heterocycles. The van der Waals surface area contributed by atoms with Crippen molar-refractivity contribution in [3.8, 4) is 0 Å². The van der Waals surface area contributed by atoms with E-state index in [0.717, 1.165) is 23.9 Å². The van der Waals surface area contributed by atoms with Crippen molar-refractivity contribution in [3.63, 3.8) is 0 Å².